The van der Waals surface area contributed by atoms with E-state index in [4.69, 9.17) is 9.47 Å². The van der Waals surface area contributed by atoms with E-state index >= 15 is 0 Å². The smallest absolute Gasteiger partial charge is 0.309 e. The van der Waals surface area contributed by atoms with Crippen molar-refractivity contribution in [2.75, 3.05) is 6.61 Å². The lowest BCUT2D eigenvalue weighted by molar-refractivity contribution is -0.155. The van der Waals surface area contributed by atoms with Crippen LogP contribution in [0, 0.1) is 0 Å². The summed E-state index contributed by atoms with van der Waals surface area (Å²) in [5, 5.41) is 0. The fraction of sp³-hybridized carbons (Fsp3) is 0.588. The molecule has 0 spiro atoms. The number of carbonyl (C=O) groups excluding carboxylic acids is 1. The molecule has 0 aliphatic carbocycles. The third-order valence-electron chi connectivity index (χ3n) is 3.06. The van der Waals surface area contributed by atoms with Crippen molar-refractivity contribution in [3.63, 3.8) is 0 Å². The van der Waals surface area contributed by atoms with Crippen LogP contribution in [0.1, 0.15) is 58.9 Å². The minimum Gasteiger partial charge on any atom is -0.493 e. The summed E-state index contributed by atoms with van der Waals surface area (Å²) < 4.78 is 10.8. The van der Waals surface area contributed by atoms with Crippen molar-refractivity contribution < 1.29 is 14.3 Å². The van der Waals surface area contributed by atoms with Crippen molar-refractivity contribution in [2.24, 2.45) is 0 Å². The predicted octanol–water partition coefficient (Wildman–Crippen LogP) is 4.31. The second-order valence-electron chi connectivity index (χ2n) is 6.06. The van der Waals surface area contributed by atoms with E-state index in [1.807, 2.05) is 32.9 Å². The topological polar surface area (TPSA) is 35.5 Å². The quantitative estimate of drug-likeness (QED) is 0.727. The lowest BCUT2D eigenvalue weighted by Crippen LogP contribution is -2.24. The van der Waals surface area contributed by atoms with Gasteiger partial charge in [0.15, 0.2) is 0 Å². The molecule has 0 aliphatic heterocycles. The highest BCUT2D eigenvalue weighted by Gasteiger charge is 2.15. The van der Waals surface area contributed by atoms with Crippen LogP contribution in [0.2, 0.25) is 0 Å². The molecule has 112 valence electrons. The van der Waals surface area contributed by atoms with Crippen LogP contribution in [0.4, 0.5) is 0 Å². The van der Waals surface area contributed by atoms with Gasteiger partial charge in [-0.3, -0.25) is 4.79 Å². The Balaban J connectivity index is 2.37. The zero-order valence-corrected chi connectivity index (χ0v) is 13.2. The van der Waals surface area contributed by atoms with E-state index in [1.54, 1.807) is 0 Å². The van der Waals surface area contributed by atoms with E-state index in [2.05, 4.69) is 26.0 Å². The van der Waals surface area contributed by atoms with Gasteiger partial charge in [0.2, 0.25) is 0 Å². The molecule has 0 aromatic heterocycles. The maximum Gasteiger partial charge on any atom is 0.309 e. The van der Waals surface area contributed by atoms with Gasteiger partial charge in [0.05, 0.1) is 13.0 Å². The molecular weight excluding hydrogens is 252 g/mol. The van der Waals surface area contributed by atoms with Crippen LogP contribution >= 0.6 is 0 Å². The second kappa shape index (κ2) is 7.32. The molecule has 0 amide bonds. The predicted molar refractivity (Wildman–Crippen MR) is 81.1 cm³/mol. The van der Waals surface area contributed by atoms with Crippen LogP contribution in [-0.4, -0.2) is 18.2 Å². The highest BCUT2D eigenvalue weighted by Crippen LogP contribution is 2.21. The van der Waals surface area contributed by atoms with Gasteiger partial charge in [0.1, 0.15) is 11.4 Å². The van der Waals surface area contributed by atoms with Gasteiger partial charge in [-0.2, -0.15) is 0 Å². The molecule has 0 aliphatic rings. The molecule has 0 bridgehead atoms. The minimum atomic E-state index is -0.435. The van der Waals surface area contributed by atoms with E-state index in [1.165, 1.54) is 5.56 Å². The molecule has 1 atom stereocenters. The molecule has 0 saturated heterocycles. The summed E-state index contributed by atoms with van der Waals surface area (Å²) in [5.41, 5.74) is 0.877. The lowest BCUT2D eigenvalue weighted by Gasteiger charge is -2.19. The van der Waals surface area contributed by atoms with Crippen molar-refractivity contribution in [1.29, 1.82) is 0 Å². The second-order valence-corrected chi connectivity index (χ2v) is 6.06. The zero-order valence-electron chi connectivity index (χ0n) is 13.2. The molecule has 1 aromatic rings. The first-order valence-corrected chi connectivity index (χ1v) is 7.26. The average molecular weight is 278 g/mol. The molecule has 20 heavy (non-hydrogen) atoms. The first-order valence-electron chi connectivity index (χ1n) is 7.26. The number of rotatable bonds is 6. The van der Waals surface area contributed by atoms with Crippen molar-refractivity contribution in [1.82, 2.24) is 0 Å². The van der Waals surface area contributed by atoms with Crippen molar-refractivity contribution >= 4 is 5.97 Å². The van der Waals surface area contributed by atoms with Gasteiger partial charge in [-0.25, -0.2) is 0 Å². The molecule has 0 fully saturated rings. The standard InChI is InChI=1S/C17H26O3/c1-6-13(2)14-7-9-15(10-8-14)19-12-11-16(18)20-17(3,4)5/h7-10,13H,6,11-12H2,1-5H3. The largest absolute Gasteiger partial charge is 0.493 e. The SMILES string of the molecule is CCC(C)c1ccc(OCCC(=O)OC(C)(C)C)cc1. The highest BCUT2D eigenvalue weighted by atomic mass is 16.6. The molecule has 3 nitrogen and oxygen atoms in total. The summed E-state index contributed by atoms with van der Waals surface area (Å²) in [5.74, 6) is 1.13. The molecule has 3 heteroatoms. The van der Waals surface area contributed by atoms with Gasteiger partial charge in [-0.15, -0.1) is 0 Å². The van der Waals surface area contributed by atoms with Crippen LogP contribution < -0.4 is 4.74 Å². The molecule has 0 N–H and O–H groups in total. The third-order valence-corrected chi connectivity index (χ3v) is 3.06. The molecule has 1 aromatic carbocycles. The normalized spacial score (nSPS) is 12.8. The van der Waals surface area contributed by atoms with Gasteiger partial charge in [-0.1, -0.05) is 26.0 Å². The number of hydrogen-bond donors (Lipinski definition) is 0. The van der Waals surface area contributed by atoms with Gasteiger partial charge in [0, 0.05) is 0 Å². The maximum absolute atomic E-state index is 11.5. The van der Waals surface area contributed by atoms with E-state index in [0.717, 1.165) is 12.2 Å². The van der Waals surface area contributed by atoms with E-state index in [0.29, 0.717) is 12.5 Å². The summed E-state index contributed by atoms with van der Waals surface area (Å²) in [4.78, 5) is 11.5. The fourth-order valence-corrected chi connectivity index (χ4v) is 1.77. The van der Waals surface area contributed by atoms with Crippen LogP contribution in [0.5, 0.6) is 5.75 Å². The minimum absolute atomic E-state index is 0.228. The molecule has 0 heterocycles. The Bertz CT molecular complexity index is 415. The number of esters is 1. The number of hydrogen-bond acceptors (Lipinski definition) is 3. The molecule has 1 unspecified atom stereocenters. The first kappa shape index (κ1) is 16.5. The van der Waals surface area contributed by atoms with Crippen molar-refractivity contribution in [3.8, 4) is 5.75 Å². The summed E-state index contributed by atoms with van der Waals surface area (Å²) in [6, 6.07) is 8.07. The zero-order chi connectivity index (χ0) is 15.2. The highest BCUT2D eigenvalue weighted by molar-refractivity contribution is 5.69. The van der Waals surface area contributed by atoms with Gasteiger partial charge < -0.3 is 9.47 Å². The summed E-state index contributed by atoms with van der Waals surface area (Å²) in [6.45, 7) is 10.3. The van der Waals surface area contributed by atoms with Crippen LogP contribution in [0.15, 0.2) is 24.3 Å². The van der Waals surface area contributed by atoms with Crippen LogP contribution in [0.3, 0.4) is 0 Å². The summed E-state index contributed by atoms with van der Waals surface area (Å²) in [6.07, 6.45) is 1.39. The number of ether oxygens (including phenoxy) is 2. The lowest BCUT2D eigenvalue weighted by atomic mass is 9.99. The van der Waals surface area contributed by atoms with Gasteiger partial charge in [0.25, 0.3) is 0 Å². The molecule has 0 saturated carbocycles. The first-order chi connectivity index (χ1) is 9.31. The van der Waals surface area contributed by atoms with E-state index in [9.17, 15) is 4.79 Å². The Labute approximate surface area is 122 Å². The number of carbonyl (C=O) groups is 1. The average Bonchev–Trinajstić information content (AvgIpc) is 2.36. The Hall–Kier alpha value is -1.51. The summed E-state index contributed by atoms with van der Waals surface area (Å²) >= 11 is 0. The molecule has 1 rings (SSSR count). The Morgan fingerprint density at radius 3 is 2.30 bits per heavy atom. The Kier molecular flexibility index (Phi) is 6.05. The van der Waals surface area contributed by atoms with E-state index in [-0.39, 0.29) is 12.4 Å². The van der Waals surface area contributed by atoms with Crippen molar-refractivity contribution in [3.05, 3.63) is 29.8 Å². The fourth-order valence-electron chi connectivity index (χ4n) is 1.77. The van der Waals surface area contributed by atoms with Gasteiger partial charge >= 0.3 is 5.97 Å². The Morgan fingerprint density at radius 1 is 1.20 bits per heavy atom. The van der Waals surface area contributed by atoms with Gasteiger partial charge in [-0.05, 0) is 50.8 Å². The molecular formula is C17H26O3. The van der Waals surface area contributed by atoms with Crippen LogP contribution in [0.25, 0.3) is 0 Å². The monoisotopic (exact) mass is 278 g/mol. The number of benzene rings is 1. The Morgan fingerprint density at radius 2 is 1.80 bits per heavy atom. The summed E-state index contributed by atoms with van der Waals surface area (Å²) in [7, 11) is 0. The molecule has 0 radical (unpaired) electrons. The third kappa shape index (κ3) is 6.09. The maximum atomic E-state index is 11.5. The van der Waals surface area contributed by atoms with Crippen molar-refractivity contribution in [2.45, 2.75) is 59.0 Å². The van der Waals surface area contributed by atoms with E-state index < -0.39 is 5.60 Å². The van der Waals surface area contributed by atoms with Crippen LogP contribution in [-0.2, 0) is 9.53 Å².